The van der Waals surface area contributed by atoms with Crippen LogP contribution in [0.4, 0.5) is 13.2 Å². The van der Waals surface area contributed by atoms with E-state index in [-0.39, 0.29) is 11.7 Å². The van der Waals surface area contributed by atoms with Gasteiger partial charge in [0.05, 0.1) is 0 Å². The average molecular weight is 376 g/mol. The van der Waals surface area contributed by atoms with Crippen molar-refractivity contribution in [2.24, 2.45) is 0 Å². The number of hydrogen-bond donors (Lipinski definition) is 2. The van der Waals surface area contributed by atoms with Gasteiger partial charge in [-0.2, -0.15) is 0 Å². The molecule has 0 bridgehead atoms. The number of aromatic nitrogens is 1. The fraction of sp³-hybridized carbons (Fsp3) is 0.250. The van der Waals surface area contributed by atoms with Crippen LogP contribution in [-0.4, -0.2) is 23.8 Å². The molecule has 0 fully saturated rings. The first-order valence-electron chi connectivity index (χ1n) is 8.57. The molecule has 0 aliphatic heterocycles. The molecule has 0 atom stereocenters. The number of para-hydroxylation sites is 1. The number of halogens is 3. The number of H-pyrrole nitrogens is 1. The Morgan fingerprint density at radius 1 is 1.04 bits per heavy atom. The van der Waals surface area contributed by atoms with Crippen LogP contribution in [0.1, 0.15) is 17.5 Å². The molecule has 0 radical (unpaired) electrons. The molecule has 4 nitrogen and oxygen atoms in total. The van der Waals surface area contributed by atoms with Crippen LogP contribution in [0, 0.1) is 0 Å². The molecule has 1 heterocycles. The van der Waals surface area contributed by atoms with E-state index in [0.29, 0.717) is 25.8 Å². The fourth-order valence-electron chi connectivity index (χ4n) is 2.88. The number of fused-ring (bicyclic) bond motifs is 1. The lowest BCUT2D eigenvalue weighted by Crippen LogP contribution is -2.25. The van der Waals surface area contributed by atoms with Crippen LogP contribution in [0.5, 0.6) is 5.75 Å². The summed E-state index contributed by atoms with van der Waals surface area (Å²) in [5.74, 6) is -0.314. The number of benzene rings is 2. The van der Waals surface area contributed by atoms with Crippen molar-refractivity contribution in [1.29, 1.82) is 0 Å². The lowest BCUT2D eigenvalue weighted by atomic mass is 10.1. The third-order valence-corrected chi connectivity index (χ3v) is 4.19. The summed E-state index contributed by atoms with van der Waals surface area (Å²) in [6.07, 6.45) is -1.23. The molecular formula is C20H19F3N2O2. The van der Waals surface area contributed by atoms with Crippen molar-refractivity contribution in [3.8, 4) is 5.75 Å². The van der Waals surface area contributed by atoms with Gasteiger partial charge in [-0.3, -0.25) is 4.79 Å². The standard InChI is InChI=1S/C20H19F3N2O2/c21-20(22,23)27-16-8-5-14(6-9-16)11-12-24-19(26)10-7-15-13-25-18-4-2-1-3-17(15)18/h1-6,8-9,13,25H,7,10-12H2,(H,24,26). The number of ether oxygens (including phenoxy) is 1. The first-order chi connectivity index (χ1) is 12.9. The largest absolute Gasteiger partial charge is 0.573 e. The molecule has 2 N–H and O–H groups in total. The Bertz CT molecular complexity index is 901. The number of carbonyl (C=O) groups is 1. The molecule has 0 spiro atoms. The Kier molecular flexibility index (Phi) is 5.69. The van der Waals surface area contributed by atoms with Crippen LogP contribution in [0.3, 0.4) is 0 Å². The summed E-state index contributed by atoms with van der Waals surface area (Å²) in [5, 5.41) is 3.95. The maximum atomic E-state index is 12.1. The van der Waals surface area contributed by atoms with Crippen molar-refractivity contribution in [3.63, 3.8) is 0 Å². The molecule has 1 aromatic heterocycles. The van der Waals surface area contributed by atoms with Crippen molar-refractivity contribution in [2.45, 2.75) is 25.6 Å². The lowest BCUT2D eigenvalue weighted by molar-refractivity contribution is -0.274. The Labute approximate surface area is 154 Å². The minimum atomic E-state index is -4.69. The molecule has 0 saturated carbocycles. The molecule has 2 aromatic carbocycles. The van der Waals surface area contributed by atoms with Crippen LogP contribution in [-0.2, 0) is 17.6 Å². The first-order valence-corrected chi connectivity index (χ1v) is 8.57. The van der Waals surface area contributed by atoms with E-state index in [1.807, 2.05) is 30.5 Å². The minimum Gasteiger partial charge on any atom is -0.406 e. The van der Waals surface area contributed by atoms with Crippen LogP contribution in [0.15, 0.2) is 54.7 Å². The van der Waals surface area contributed by atoms with E-state index in [9.17, 15) is 18.0 Å². The number of alkyl halides is 3. The number of aryl methyl sites for hydroxylation is 1. The van der Waals surface area contributed by atoms with Gasteiger partial charge in [0.15, 0.2) is 0 Å². The summed E-state index contributed by atoms with van der Waals surface area (Å²) in [6, 6.07) is 13.6. The summed E-state index contributed by atoms with van der Waals surface area (Å²) in [7, 11) is 0. The zero-order valence-electron chi connectivity index (χ0n) is 14.5. The maximum Gasteiger partial charge on any atom is 0.573 e. The van der Waals surface area contributed by atoms with Gasteiger partial charge in [0, 0.05) is 30.1 Å². The second kappa shape index (κ2) is 8.16. The Hall–Kier alpha value is -2.96. The normalized spacial score (nSPS) is 11.5. The minimum absolute atomic E-state index is 0.0580. The van der Waals surface area contributed by atoms with Gasteiger partial charge in [0.2, 0.25) is 5.91 Å². The van der Waals surface area contributed by atoms with Gasteiger partial charge in [-0.25, -0.2) is 0 Å². The summed E-state index contributed by atoms with van der Waals surface area (Å²) in [6.45, 7) is 0.423. The quantitative estimate of drug-likeness (QED) is 0.644. The highest BCUT2D eigenvalue weighted by molar-refractivity contribution is 5.84. The molecular weight excluding hydrogens is 357 g/mol. The van der Waals surface area contributed by atoms with E-state index in [1.165, 1.54) is 12.1 Å². The number of nitrogens with one attached hydrogen (secondary N) is 2. The summed E-state index contributed by atoms with van der Waals surface area (Å²) >= 11 is 0. The molecule has 0 unspecified atom stereocenters. The molecule has 0 saturated heterocycles. The average Bonchev–Trinajstić information content (AvgIpc) is 3.03. The van der Waals surface area contributed by atoms with Crippen molar-refractivity contribution < 1.29 is 22.7 Å². The van der Waals surface area contributed by atoms with Crippen molar-refractivity contribution in [1.82, 2.24) is 10.3 Å². The van der Waals surface area contributed by atoms with Gasteiger partial charge in [-0.1, -0.05) is 30.3 Å². The summed E-state index contributed by atoms with van der Waals surface area (Å²) in [4.78, 5) is 15.2. The third-order valence-electron chi connectivity index (χ3n) is 4.19. The van der Waals surface area contributed by atoms with E-state index in [2.05, 4.69) is 15.0 Å². The predicted octanol–water partition coefficient (Wildman–Crippen LogP) is 4.36. The smallest absolute Gasteiger partial charge is 0.406 e. The van der Waals surface area contributed by atoms with E-state index in [0.717, 1.165) is 22.0 Å². The maximum absolute atomic E-state index is 12.1. The van der Waals surface area contributed by atoms with Gasteiger partial charge < -0.3 is 15.0 Å². The third kappa shape index (κ3) is 5.51. The molecule has 3 aromatic rings. The number of amides is 1. The lowest BCUT2D eigenvalue weighted by Gasteiger charge is -2.09. The highest BCUT2D eigenvalue weighted by atomic mass is 19.4. The summed E-state index contributed by atoms with van der Waals surface area (Å²) in [5.41, 5.74) is 2.97. The molecule has 0 aliphatic carbocycles. The second-order valence-electron chi connectivity index (χ2n) is 6.15. The van der Waals surface area contributed by atoms with Crippen LogP contribution in [0.25, 0.3) is 10.9 Å². The van der Waals surface area contributed by atoms with Crippen LogP contribution >= 0.6 is 0 Å². The second-order valence-corrected chi connectivity index (χ2v) is 6.15. The van der Waals surface area contributed by atoms with Crippen LogP contribution < -0.4 is 10.1 Å². The van der Waals surface area contributed by atoms with Gasteiger partial charge in [-0.05, 0) is 42.2 Å². The zero-order valence-corrected chi connectivity index (χ0v) is 14.5. The Balaban J connectivity index is 1.42. The van der Waals surface area contributed by atoms with Crippen LogP contribution in [0.2, 0.25) is 0 Å². The van der Waals surface area contributed by atoms with E-state index in [1.54, 1.807) is 12.1 Å². The highest BCUT2D eigenvalue weighted by Gasteiger charge is 2.30. The monoisotopic (exact) mass is 376 g/mol. The van der Waals surface area contributed by atoms with Gasteiger partial charge in [-0.15, -0.1) is 13.2 Å². The van der Waals surface area contributed by atoms with E-state index < -0.39 is 6.36 Å². The Morgan fingerprint density at radius 2 is 1.78 bits per heavy atom. The molecule has 7 heteroatoms. The number of carbonyl (C=O) groups excluding carboxylic acids is 1. The van der Waals surface area contributed by atoms with Crippen molar-refractivity contribution in [3.05, 3.63) is 65.9 Å². The molecule has 1 amide bonds. The van der Waals surface area contributed by atoms with Gasteiger partial charge in [0.1, 0.15) is 5.75 Å². The predicted molar refractivity (Wildman–Crippen MR) is 96.5 cm³/mol. The van der Waals surface area contributed by atoms with Gasteiger partial charge in [0.25, 0.3) is 0 Å². The highest BCUT2D eigenvalue weighted by Crippen LogP contribution is 2.23. The first kappa shape index (κ1) is 18.8. The number of aromatic amines is 1. The van der Waals surface area contributed by atoms with Crippen molar-refractivity contribution in [2.75, 3.05) is 6.54 Å². The number of hydrogen-bond acceptors (Lipinski definition) is 2. The fourth-order valence-corrected chi connectivity index (χ4v) is 2.88. The summed E-state index contributed by atoms with van der Waals surface area (Å²) < 4.78 is 40.2. The number of rotatable bonds is 7. The topological polar surface area (TPSA) is 54.1 Å². The molecule has 142 valence electrons. The molecule has 0 aliphatic rings. The van der Waals surface area contributed by atoms with E-state index in [4.69, 9.17) is 0 Å². The van der Waals surface area contributed by atoms with Gasteiger partial charge >= 0.3 is 6.36 Å². The SMILES string of the molecule is O=C(CCc1c[nH]c2ccccc12)NCCc1ccc(OC(F)(F)F)cc1. The molecule has 3 rings (SSSR count). The Morgan fingerprint density at radius 3 is 2.52 bits per heavy atom. The zero-order chi connectivity index (χ0) is 19.3. The molecule has 27 heavy (non-hydrogen) atoms. The van der Waals surface area contributed by atoms with E-state index >= 15 is 0 Å². The van der Waals surface area contributed by atoms with Crippen molar-refractivity contribution >= 4 is 16.8 Å².